The van der Waals surface area contributed by atoms with Crippen molar-refractivity contribution in [3.63, 3.8) is 0 Å². The second-order valence-corrected chi connectivity index (χ2v) is 7.48. The average Bonchev–Trinajstić information content (AvgIpc) is 2.86. The van der Waals surface area contributed by atoms with Gasteiger partial charge in [-0.2, -0.15) is 0 Å². The number of carbonyl (C=O) groups excluding carboxylic acids is 2. The van der Waals surface area contributed by atoms with Crippen LogP contribution >= 0.6 is 0 Å². The van der Waals surface area contributed by atoms with Crippen LogP contribution in [0.5, 0.6) is 5.75 Å². The van der Waals surface area contributed by atoms with Gasteiger partial charge in [-0.15, -0.1) is 0 Å². The van der Waals surface area contributed by atoms with E-state index in [1.54, 1.807) is 24.3 Å². The Labute approximate surface area is 162 Å². The van der Waals surface area contributed by atoms with E-state index in [9.17, 15) is 14.7 Å². The molecule has 2 amide bonds. The fraction of sp³-hybridized carbons (Fsp3) is 0.545. The molecule has 0 aromatic heterocycles. The van der Waals surface area contributed by atoms with Crippen LogP contribution < -0.4 is 4.74 Å². The third-order valence-corrected chi connectivity index (χ3v) is 4.61. The molecule has 2 rings (SSSR count). The highest BCUT2D eigenvalue weighted by molar-refractivity contribution is 6.34. The molecule has 5 heteroatoms. The van der Waals surface area contributed by atoms with Gasteiger partial charge in [-0.05, 0) is 30.0 Å². The van der Waals surface area contributed by atoms with Gasteiger partial charge < -0.3 is 9.84 Å². The van der Waals surface area contributed by atoms with Crippen molar-refractivity contribution in [1.29, 1.82) is 0 Å². The van der Waals surface area contributed by atoms with Crippen molar-refractivity contribution in [1.82, 2.24) is 4.90 Å². The van der Waals surface area contributed by atoms with Gasteiger partial charge in [-0.1, -0.05) is 65.0 Å². The largest absolute Gasteiger partial charge is 0.502 e. The molecule has 5 nitrogen and oxygen atoms in total. The fourth-order valence-corrected chi connectivity index (χ4v) is 3.06. The molecule has 0 aliphatic carbocycles. The number of aliphatic hydroxyl groups is 1. The van der Waals surface area contributed by atoms with Crippen LogP contribution in [0.3, 0.4) is 0 Å². The molecular formula is C22H31NO4. The first kappa shape index (κ1) is 21.0. The van der Waals surface area contributed by atoms with Crippen LogP contribution in [-0.4, -0.2) is 35.0 Å². The van der Waals surface area contributed by atoms with E-state index < -0.39 is 17.6 Å². The van der Waals surface area contributed by atoms with Gasteiger partial charge in [0.25, 0.3) is 11.8 Å². The molecule has 1 aromatic carbocycles. The van der Waals surface area contributed by atoms with E-state index in [0.29, 0.717) is 30.4 Å². The predicted octanol–water partition coefficient (Wildman–Crippen LogP) is 4.72. The van der Waals surface area contributed by atoms with Crippen LogP contribution in [0.4, 0.5) is 0 Å². The Morgan fingerprint density at radius 3 is 2.22 bits per heavy atom. The Hall–Kier alpha value is -2.30. The third-order valence-electron chi connectivity index (χ3n) is 4.61. The standard InChI is InChI=1S/C22H31NO4/c1-4-5-6-7-8-9-14-23-21(25)19(20(24)22(23)26)17-10-12-18(13-11-17)27-15-16(2)3/h10-13,16,24H,4-9,14-15H2,1-3H3. The van der Waals surface area contributed by atoms with E-state index in [-0.39, 0.29) is 5.57 Å². The normalized spacial score (nSPS) is 14.6. The minimum absolute atomic E-state index is 0.0846. The number of imide groups is 1. The summed E-state index contributed by atoms with van der Waals surface area (Å²) in [6, 6.07) is 6.93. The van der Waals surface area contributed by atoms with Crippen molar-refractivity contribution in [2.24, 2.45) is 5.92 Å². The zero-order valence-electron chi connectivity index (χ0n) is 16.7. The zero-order chi connectivity index (χ0) is 19.8. The Kier molecular flexibility index (Phi) is 7.89. The van der Waals surface area contributed by atoms with Gasteiger partial charge in [0.2, 0.25) is 0 Å². The van der Waals surface area contributed by atoms with E-state index in [1.807, 2.05) is 0 Å². The van der Waals surface area contributed by atoms with Gasteiger partial charge in [0, 0.05) is 6.54 Å². The first-order valence-electron chi connectivity index (χ1n) is 9.98. The van der Waals surface area contributed by atoms with Gasteiger partial charge in [0.15, 0.2) is 5.76 Å². The maximum Gasteiger partial charge on any atom is 0.296 e. The number of rotatable bonds is 11. The van der Waals surface area contributed by atoms with Crippen molar-refractivity contribution in [2.75, 3.05) is 13.2 Å². The molecule has 27 heavy (non-hydrogen) atoms. The lowest BCUT2D eigenvalue weighted by Gasteiger charge is -2.14. The molecule has 0 saturated heterocycles. The topological polar surface area (TPSA) is 66.8 Å². The van der Waals surface area contributed by atoms with E-state index in [4.69, 9.17) is 4.74 Å². The summed E-state index contributed by atoms with van der Waals surface area (Å²) in [7, 11) is 0. The Morgan fingerprint density at radius 1 is 0.963 bits per heavy atom. The predicted molar refractivity (Wildman–Crippen MR) is 106 cm³/mol. The molecule has 0 atom stereocenters. The molecule has 0 fully saturated rings. The minimum atomic E-state index is -0.594. The Bertz CT molecular complexity index is 676. The summed E-state index contributed by atoms with van der Waals surface area (Å²) >= 11 is 0. The van der Waals surface area contributed by atoms with Crippen LogP contribution in [0, 0.1) is 5.92 Å². The average molecular weight is 373 g/mol. The summed E-state index contributed by atoms with van der Waals surface area (Å²) < 4.78 is 5.63. The summed E-state index contributed by atoms with van der Waals surface area (Å²) in [5.74, 6) is -0.346. The summed E-state index contributed by atoms with van der Waals surface area (Å²) in [6.07, 6.45) is 6.43. The summed E-state index contributed by atoms with van der Waals surface area (Å²) in [5.41, 5.74) is 0.620. The second-order valence-electron chi connectivity index (χ2n) is 7.48. The number of hydrogen-bond acceptors (Lipinski definition) is 4. The lowest BCUT2D eigenvalue weighted by Crippen LogP contribution is -2.32. The van der Waals surface area contributed by atoms with Crippen LogP contribution in [0.25, 0.3) is 5.57 Å². The molecule has 0 bridgehead atoms. The first-order chi connectivity index (χ1) is 13.0. The maximum absolute atomic E-state index is 12.6. The van der Waals surface area contributed by atoms with Gasteiger partial charge in [0.05, 0.1) is 12.2 Å². The molecule has 1 N–H and O–H groups in total. The molecule has 148 valence electrons. The molecule has 1 aliphatic heterocycles. The highest BCUT2D eigenvalue weighted by Gasteiger charge is 2.38. The smallest absolute Gasteiger partial charge is 0.296 e. The number of unbranched alkanes of at least 4 members (excludes halogenated alkanes) is 5. The van der Waals surface area contributed by atoms with Crippen molar-refractivity contribution in [3.05, 3.63) is 35.6 Å². The van der Waals surface area contributed by atoms with Gasteiger partial charge in [-0.3, -0.25) is 14.5 Å². The lowest BCUT2D eigenvalue weighted by molar-refractivity contribution is -0.138. The van der Waals surface area contributed by atoms with Crippen molar-refractivity contribution in [2.45, 2.75) is 59.3 Å². The molecule has 0 radical (unpaired) electrons. The Balaban J connectivity index is 1.96. The third kappa shape index (κ3) is 5.59. The quantitative estimate of drug-likeness (QED) is 0.450. The minimum Gasteiger partial charge on any atom is -0.502 e. The number of amides is 2. The number of carbonyl (C=O) groups is 2. The monoisotopic (exact) mass is 373 g/mol. The van der Waals surface area contributed by atoms with E-state index in [2.05, 4.69) is 20.8 Å². The molecule has 0 spiro atoms. The van der Waals surface area contributed by atoms with Crippen LogP contribution in [0.1, 0.15) is 64.9 Å². The number of nitrogens with zero attached hydrogens (tertiary/aromatic N) is 1. The van der Waals surface area contributed by atoms with Gasteiger partial charge in [0.1, 0.15) is 5.75 Å². The van der Waals surface area contributed by atoms with E-state index in [0.717, 1.165) is 24.2 Å². The lowest BCUT2D eigenvalue weighted by atomic mass is 10.1. The van der Waals surface area contributed by atoms with E-state index in [1.165, 1.54) is 19.3 Å². The fourth-order valence-electron chi connectivity index (χ4n) is 3.06. The molecule has 1 aromatic rings. The van der Waals surface area contributed by atoms with Crippen LogP contribution in [-0.2, 0) is 9.59 Å². The van der Waals surface area contributed by atoms with Crippen molar-refractivity contribution in [3.8, 4) is 5.75 Å². The molecule has 0 unspecified atom stereocenters. The number of hydrogen-bond donors (Lipinski definition) is 1. The van der Waals surface area contributed by atoms with E-state index >= 15 is 0 Å². The summed E-state index contributed by atoms with van der Waals surface area (Å²) in [4.78, 5) is 26.1. The van der Waals surface area contributed by atoms with Crippen LogP contribution in [0.15, 0.2) is 30.0 Å². The summed E-state index contributed by atoms with van der Waals surface area (Å²) in [5, 5.41) is 10.2. The second kappa shape index (κ2) is 10.1. The highest BCUT2D eigenvalue weighted by atomic mass is 16.5. The van der Waals surface area contributed by atoms with Gasteiger partial charge >= 0.3 is 0 Å². The van der Waals surface area contributed by atoms with Crippen molar-refractivity contribution >= 4 is 17.4 Å². The zero-order valence-corrected chi connectivity index (χ0v) is 16.7. The number of aliphatic hydroxyl groups excluding tert-OH is 1. The first-order valence-corrected chi connectivity index (χ1v) is 9.98. The maximum atomic E-state index is 12.6. The Morgan fingerprint density at radius 2 is 1.59 bits per heavy atom. The molecule has 0 saturated carbocycles. The number of benzene rings is 1. The number of ether oxygens (including phenoxy) is 1. The molecular weight excluding hydrogens is 342 g/mol. The molecule has 1 aliphatic rings. The van der Waals surface area contributed by atoms with Crippen molar-refractivity contribution < 1.29 is 19.4 Å². The molecule has 1 heterocycles. The SMILES string of the molecule is CCCCCCCCN1C(=O)C(O)=C(c2ccc(OCC(C)C)cc2)C1=O. The highest BCUT2D eigenvalue weighted by Crippen LogP contribution is 2.29. The van der Waals surface area contributed by atoms with Crippen LogP contribution in [0.2, 0.25) is 0 Å². The van der Waals surface area contributed by atoms with Gasteiger partial charge in [-0.25, -0.2) is 0 Å². The summed E-state index contributed by atoms with van der Waals surface area (Å²) in [6.45, 7) is 7.26.